The van der Waals surface area contributed by atoms with Crippen molar-refractivity contribution in [2.24, 2.45) is 0 Å². The second kappa shape index (κ2) is 6.38. The fourth-order valence-corrected chi connectivity index (χ4v) is 1.97. The summed E-state index contributed by atoms with van der Waals surface area (Å²) in [4.78, 5) is 10.8. The van der Waals surface area contributed by atoms with Gasteiger partial charge in [-0.05, 0) is 36.5 Å². The number of hydrogen-bond donors (Lipinski definition) is 1. The van der Waals surface area contributed by atoms with Gasteiger partial charge in [0.05, 0.1) is 6.42 Å². The Hall–Kier alpha value is -1.38. The van der Waals surface area contributed by atoms with Gasteiger partial charge in [-0.3, -0.25) is 4.79 Å². The van der Waals surface area contributed by atoms with Crippen LogP contribution in [0.1, 0.15) is 49.7 Å². The molecule has 3 heteroatoms. The van der Waals surface area contributed by atoms with Crippen molar-refractivity contribution in [2.75, 3.05) is 0 Å². The number of benzene rings is 1. The van der Waals surface area contributed by atoms with E-state index in [1.54, 1.807) is 19.1 Å². The van der Waals surface area contributed by atoms with Crippen molar-refractivity contribution in [3.63, 3.8) is 0 Å². The summed E-state index contributed by atoms with van der Waals surface area (Å²) in [6.07, 6.45) is 2.99. The van der Waals surface area contributed by atoms with Gasteiger partial charge in [0.1, 0.15) is 5.82 Å². The summed E-state index contributed by atoms with van der Waals surface area (Å²) in [5.74, 6) is -1.04. The van der Waals surface area contributed by atoms with Crippen LogP contribution in [0.25, 0.3) is 0 Å². The van der Waals surface area contributed by atoms with Gasteiger partial charge >= 0.3 is 5.97 Å². The summed E-state index contributed by atoms with van der Waals surface area (Å²) >= 11 is 0. The third kappa shape index (κ3) is 4.17. The molecule has 0 aliphatic carbocycles. The highest BCUT2D eigenvalue weighted by Crippen LogP contribution is 2.27. The molecule has 0 aromatic heterocycles. The number of unbranched alkanes of at least 4 members (excludes halogenated alkanes) is 1. The molecule has 0 aliphatic heterocycles. The fraction of sp³-hybridized carbons (Fsp3) is 0.500. The SMILES string of the molecule is CCCCC(CC(=O)O)c1ccc(F)c(C)c1. The molecule has 17 heavy (non-hydrogen) atoms. The maximum absolute atomic E-state index is 13.2. The molecule has 0 saturated carbocycles. The molecular formula is C14H19FO2. The number of carbonyl (C=O) groups is 1. The van der Waals surface area contributed by atoms with Crippen molar-refractivity contribution < 1.29 is 14.3 Å². The first-order chi connectivity index (χ1) is 8.04. The maximum atomic E-state index is 13.2. The number of aryl methyl sites for hydroxylation is 1. The molecule has 1 rings (SSSR count). The van der Waals surface area contributed by atoms with E-state index in [0.29, 0.717) is 5.56 Å². The molecule has 0 radical (unpaired) electrons. The van der Waals surface area contributed by atoms with E-state index in [2.05, 4.69) is 6.92 Å². The fourth-order valence-electron chi connectivity index (χ4n) is 1.97. The Bertz CT molecular complexity index is 388. The van der Waals surface area contributed by atoms with Gasteiger partial charge in [0.25, 0.3) is 0 Å². The van der Waals surface area contributed by atoms with Crippen molar-refractivity contribution in [1.82, 2.24) is 0 Å². The van der Waals surface area contributed by atoms with E-state index in [1.165, 1.54) is 6.07 Å². The number of carboxylic acid groups (broad SMARTS) is 1. The summed E-state index contributed by atoms with van der Waals surface area (Å²) in [7, 11) is 0. The van der Waals surface area contributed by atoms with Gasteiger partial charge < -0.3 is 5.11 Å². The van der Waals surface area contributed by atoms with E-state index < -0.39 is 5.97 Å². The zero-order valence-corrected chi connectivity index (χ0v) is 10.4. The Labute approximate surface area is 101 Å². The van der Waals surface area contributed by atoms with E-state index in [4.69, 9.17) is 5.11 Å². The number of rotatable bonds is 6. The lowest BCUT2D eigenvalue weighted by atomic mass is 9.90. The van der Waals surface area contributed by atoms with Gasteiger partial charge in [-0.2, -0.15) is 0 Å². The van der Waals surface area contributed by atoms with Crippen molar-refractivity contribution in [1.29, 1.82) is 0 Å². The van der Waals surface area contributed by atoms with Crippen LogP contribution in [0.4, 0.5) is 4.39 Å². The molecule has 1 atom stereocenters. The minimum absolute atomic E-state index is 0.00764. The van der Waals surface area contributed by atoms with Crippen LogP contribution in [0.5, 0.6) is 0 Å². The van der Waals surface area contributed by atoms with Gasteiger partial charge in [-0.25, -0.2) is 4.39 Å². The lowest BCUT2D eigenvalue weighted by molar-refractivity contribution is -0.137. The second-order valence-electron chi connectivity index (χ2n) is 4.45. The molecule has 1 unspecified atom stereocenters. The zero-order valence-electron chi connectivity index (χ0n) is 10.4. The summed E-state index contributed by atoms with van der Waals surface area (Å²) in [6.45, 7) is 3.78. The largest absolute Gasteiger partial charge is 0.481 e. The highest BCUT2D eigenvalue weighted by atomic mass is 19.1. The molecule has 0 bridgehead atoms. The van der Waals surface area contributed by atoms with Gasteiger partial charge in [-0.15, -0.1) is 0 Å². The summed E-state index contributed by atoms with van der Waals surface area (Å²) in [5, 5.41) is 8.89. The van der Waals surface area contributed by atoms with Gasteiger partial charge in [0.15, 0.2) is 0 Å². The van der Waals surface area contributed by atoms with Gasteiger partial charge in [0.2, 0.25) is 0 Å². The van der Waals surface area contributed by atoms with Crippen LogP contribution in [0.15, 0.2) is 18.2 Å². The number of aliphatic carboxylic acids is 1. The molecule has 0 heterocycles. The van der Waals surface area contributed by atoms with Crippen LogP contribution in [0, 0.1) is 12.7 Å². The zero-order chi connectivity index (χ0) is 12.8. The van der Waals surface area contributed by atoms with Crippen LogP contribution < -0.4 is 0 Å². The normalized spacial score (nSPS) is 12.4. The van der Waals surface area contributed by atoms with E-state index in [0.717, 1.165) is 24.8 Å². The third-order valence-corrected chi connectivity index (χ3v) is 2.98. The van der Waals surface area contributed by atoms with Crippen LogP contribution in [-0.2, 0) is 4.79 Å². The molecular weight excluding hydrogens is 219 g/mol. The van der Waals surface area contributed by atoms with Crippen LogP contribution in [-0.4, -0.2) is 11.1 Å². The molecule has 0 saturated heterocycles. The smallest absolute Gasteiger partial charge is 0.303 e. The molecule has 1 N–H and O–H groups in total. The molecule has 0 spiro atoms. The van der Waals surface area contributed by atoms with E-state index >= 15 is 0 Å². The lowest BCUT2D eigenvalue weighted by Gasteiger charge is -2.15. The molecule has 94 valence electrons. The van der Waals surface area contributed by atoms with Crippen molar-refractivity contribution in [3.8, 4) is 0 Å². The standard InChI is InChI=1S/C14H19FO2/c1-3-4-5-11(9-14(16)17)12-6-7-13(15)10(2)8-12/h6-8,11H,3-5,9H2,1-2H3,(H,16,17). The quantitative estimate of drug-likeness (QED) is 0.816. The van der Waals surface area contributed by atoms with E-state index in [9.17, 15) is 9.18 Å². The average molecular weight is 238 g/mol. The Morgan fingerprint density at radius 2 is 2.18 bits per heavy atom. The monoisotopic (exact) mass is 238 g/mol. The molecule has 2 nitrogen and oxygen atoms in total. The maximum Gasteiger partial charge on any atom is 0.303 e. The first-order valence-corrected chi connectivity index (χ1v) is 6.02. The molecule has 1 aromatic carbocycles. The number of carboxylic acids is 1. The van der Waals surface area contributed by atoms with Crippen molar-refractivity contribution in [2.45, 2.75) is 45.4 Å². The first-order valence-electron chi connectivity index (χ1n) is 6.02. The topological polar surface area (TPSA) is 37.3 Å². The lowest BCUT2D eigenvalue weighted by Crippen LogP contribution is -2.07. The van der Waals surface area contributed by atoms with Gasteiger partial charge in [0, 0.05) is 0 Å². The van der Waals surface area contributed by atoms with Crippen LogP contribution in [0.3, 0.4) is 0 Å². The van der Waals surface area contributed by atoms with Crippen molar-refractivity contribution >= 4 is 5.97 Å². The van der Waals surface area contributed by atoms with Crippen LogP contribution in [0.2, 0.25) is 0 Å². The second-order valence-corrected chi connectivity index (χ2v) is 4.45. The Balaban J connectivity index is 2.86. The Kier molecular flexibility index (Phi) is 5.13. The Morgan fingerprint density at radius 1 is 1.47 bits per heavy atom. The average Bonchev–Trinajstić information content (AvgIpc) is 2.27. The number of hydrogen-bond acceptors (Lipinski definition) is 1. The van der Waals surface area contributed by atoms with Gasteiger partial charge in [-0.1, -0.05) is 31.9 Å². The molecule has 0 aliphatic rings. The minimum atomic E-state index is -0.798. The summed E-state index contributed by atoms with van der Waals surface area (Å²) in [6, 6.07) is 4.88. The minimum Gasteiger partial charge on any atom is -0.481 e. The van der Waals surface area contributed by atoms with Crippen molar-refractivity contribution in [3.05, 3.63) is 35.1 Å². The Morgan fingerprint density at radius 3 is 2.71 bits per heavy atom. The number of halogens is 1. The summed E-state index contributed by atoms with van der Waals surface area (Å²) in [5.41, 5.74) is 1.51. The summed E-state index contributed by atoms with van der Waals surface area (Å²) < 4.78 is 13.2. The molecule has 0 amide bonds. The molecule has 1 aromatic rings. The highest BCUT2D eigenvalue weighted by molar-refractivity contribution is 5.68. The van der Waals surface area contributed by atoms with E-state index in [-0.39, 0.29) is 18.2 Å². The van der Waals surface area contributed by atoms with Crippen LogP contribution >= 0.6 is 0 Å². The predicted octanol–water partition coefficient (Wildman–Crippen LogP) is 3.88. The van der Waals surface area contributed by atoms with E-state index in [1.807, 2.05) is 0 Å². The third-order valence-electron chi connectivity index (χ3n) is 2.98. The highest BCUT2D eigenvalue weighted by Gasteiger charge is 2.15. The first kappa shape index (κ1) is 13.7. The molecule has 0 fully saturated rings. The predicted molar refractivity (Wildman–Crippen MR) is 65.7 cm³/mol.